The number of carbonyl (C=O) groups excluding carboxylic acids is 12. The van der Waals surface area contributed by atoms with Gasteiger partial charge >= 0.3 is 17.9 Å². The minimum atomic E-state index is -1.75. The van der Waals surface area contributed by atoms with Gasteiger partial charge in [0.1, 0.15) is 54.4 Å². The first-order chi connectivity index (χ1) is 42.4. The molecule has 1 rings (SSSR count). The molecule has 0 aromatic carbocycles. The monoisotopic (exact) mass is 1280 g/mol. The van der Waals surface area contributed by atoms with Crippen LogP contribution in [0.3, 0.4) is 0 Å². The maximum atomic E-state index is 14.2. The molecule has 10 atom stereocenters. The third kappa shape index (κ3) is 33.0. The van der Waals surface area contributed by atoms with E-state index in [1.807, 2.05) is 0 Å². The van der Waals surface area contributed by atoms with Gasteiger partial charge in [0.15, 0.2) is 5.96 Å². The van der Waals surface area contributed by atoms with Crippen molar-refractivity contribution in [1.82, 2.24) is 57.8 Å². The second kappa shape index (κ2) is 42.3. The van der Waals surface area contributed by atoms with Gasteiger partial charge in [-0.25, -0.2) is 9.78 Å². The van der Waals surface area contributed by atoms with Crippen molar-refractivity contribution >= 4 is 94.8 Å². The molecule has 0 unspecified atom stereocenters. The lowest BCUT2D eigenvalue weighted by molar-refractivity contribution is -0.143. The fourth-order valence-electron chi connectivity index (χ4n) is 8.31. The van der Waals surface area contributed by atoms with Gasteiger partial charge in [-0.2, -0.15) is 0 Å². The molecule has 0 bridgehead atoms. The number of hydrogen-bond donors (Lipinski definition) is 21. The van der Waals surface area contributed by atoms with Crippen LogP contribution in [0.1, 0.15) is 128 Å². The Balaban J connectivity index is 3.57. The molecule has 0 fully saturated rings. The average Bonchev–Trinajstić information content (AvgIpc) is 1.91. The minimum Gasteiger partial charge on any atom is -0.481 e. The highest BCUT2D eigenvalue weighted by atomic mass is 16.4. The Morgan fingerprint density at radius 1 is 0.444 bits per heavy atom. The SMILES string of the molecule is C[C@H](NC(=O)[C@H](CCCCN)NC(=O)[C@H](CCC(N)=O)NC(=O)[C@H](Cc1cnc[nH]1)NC(=O)[C@@H](N)CCC(=O)O)C(=O)N[C@@H](CCC(N)=O)C(=O)N[C@@H](CCC(N)=O)C(=O)N[C@@H](CCCN=C(N)N)C(=O)N[C@@H](CCCCN)C(=O)N[C@@H](CCC(=O)O)C(=O)O. The fourth-order valence-corrected chi connectivity index (χ4v) is 8.31. The van der Waals surface area contributed by atoms with Crippen molar-refractivity contribution in [1.29, 1.82) is 0 Å². The largest absolute Gasteiger partial charge is 0.481 e. The lowest BCUT2D eigenvalue weighted by atomic mass is 10.0. The van der Waals surface area contributed by atoms with Crippen LogP contribution in [0.2, 0.25) is 0 Å². The molecule has 1 aromatic heterocycles. The number of unbranched alkanes of at least 4 members (excludes halogenated alkanes) is 2. The summed E-state index contributed by atoms with van der Waals surface area (Å²) in [7, 11) is 0. The Labute approximate surface area is 516 Å². The van der Waals surface area contributed by atoms with Gasteiger partial charge in [0.25, 0.3) is 0 Å². The lowest BCUT2D eigenvalue weighted by Crippen LogP contribution is -2.60. The molecule has 38 heteroatoms. The van der Waals surface area contributed by atoms with Gasteiger partial charge in [-0.05, 0) is 103 Å². The second-order valence-electron chi connectivity index (χ2n) is 20.8. The number of imidazole rings is 1. The molecule has 504 valence electrons. The number of nitrogens with two attached hydrogens (primary N) is 8. The first kappa shape index (κ1) is 78.4. The van der Waals surface area contributed by atoms with Crippen molar-refractivity contribution in [2.24, 2.45) is 50.9 Å². The lowest BCUT2D eigenvalue weighted by Gasteiger charge is -2.27. The van der Waals surface area contributed by atoms with E-state index < -0.39 is 207 Å². The third-order valence-electron chi connectivity index (χ3n) is 13.3. The second-order valence-corrected chi connectivity index (χ2v) is 20.8. The molecule has 0 saturated heterocycles. The summed E-state index contributed by atoms with van der Waals surface area (Å²) in [5, 5.41) is 49.5. The van der Waals surface area contributed by atoms with Crippen molar-refractivity contribution in [2.45, 2.75) is 189 Å². The molecule has 0 radical (unpaired) electrons. The van der Waals surface area contributed by atoms with E-state index >= 15 is 0 Å². The molecule has 29 N–H and O–H groups in total. The van der Waals surface area contributed by atoms with Crippen molar-refractivity contribution in [2.75, 3.05) is 19.6 Å². The van der Waals surface area contributed by atoms with Gasteiger partial charge in [0.2, 0.25) is 70.9 Å². The molecular formula is C52H88N20O18. The van der Waals surface area contributed by atoms with Crippen molar-refractivity contribution in [3.8, 4) is 0 Å². The van der Waals surface area contributed by atoms with Gasteiger partial charge in [0, 0.05) is 57.0 Å². The van der Waals surface area contributed by atoms with E-state index in [2.05, 4.69) is 62.8 Å². The van der Waals surface area contributed by atoms with Gasteiger partial charge in [0.05, 0.1) is 12.4 Å². The summed E-state index contributed by atoms with van der Waals surface area (Å²) in [5.74, 6) is -16.6. The highest BCUT2D eigenvalue weighted by Gasteiger charge is 2.36. The van der Waals surface area contributed by atoms with E-state index in [1.54, 1.807) is 0 Å². The Hall–Kier alpha value is -9.59. The minimum absolute atomic E-state index is 0.00525. The maximum absolute atomic E-state index is 14.2. The number of amides is 12. The molecule has 90 heavy (non-hydrogen) atoms. The Kier molecular flexibility index (Phi) is 36.9. The first-order valence-electron chi connectivity index (χ1n) is 28.8. The standard InChI is InChI=1S/C52H88N20O18/c1-26(64-44(82)29(7-2-4-20-53)66-49(87)34(13-17-39(58)75)70-50(88)36(23-27-24-61-25-63-27)72-43(81)28(55)10-18-40(76)77)42(80)65-32(11-15-37(56)73)47(85)69-33(12-16-38(57)74)48(86)68-31(9-6-22-62-52(59)60)45(83)67-30(8-3-5-21-54)46(84)71-35(51(89)90)14-19-41(78)79/h24-26,28-36H,2-23,53-55H2,1H3,(H2,56,73)(H2,57,74)(H2,58,75)(H,61,63)(H,64,82)(H,65,80)(H,66,87)(H,67,83)(H,68,86)(H,69,85)(H,70,88)(H,71,84)(H,72,81)(H,76,77)(H,78,79)(H,89,90)(H4,59,60,62)/t26-,28-,29-,30-,31-,32-,33-,34-,35-,36-/m0/s1. The number of guanidine groups is 1. The summed E-state index contributed by atoms with van der Waals surface area (Å²) < 4.78 is 0. The van der Waals surface area contributed by atoms with Crippen molar-refractivity contribution in [3.05, 3.63) is 18.2 Å². The van der Waals surface area contributed by atoms with Gasteiger partial charge in [-0.1, -0.05) is 0 Å². The van der Waals surface area contributed by atoms with Gasteiger partial charge in [-0.15, -0.1) is 0 Å². The summed E-state index contributed by atoms with van der Waals surface area (Å²) in [6.07, 6.45) is -2.04. The number of nitrogens with one attached hydrogen (secondary N) is 10. The normalized spacial score (nSPS) is 14.2. The number of rotatable bonds is 48. The number of aliphatic carboxylic acids is 3. The molecule has 1 heterocycles. The molecule has 1 aromatic rings. The Morgan fingerprint density at radius 2 is 0.789 bits per heavy atom. The Bertz CT molecular complexity index is 2640. The number of hydrogen-bond acceptors (Lipinski definition) is 20. The molecular weight excluding hydrogens is 1190 g/mol. The van der Waals surface area contributed by atoms with E-state index in [-0.39, 0.29) is 77.0 Å². The van der Waals surface area contributed by atoms with E-state index in [4.69, 9.17) is 56.1 Å². The predicted octanol–water partition coefficient (Wildman–Crippen LogP) is -8.42. The number of aromatic nitrogens is 2. The Morgan fingerprint density at radius 3 is 1.16 bits per heavy atom. The number of nitrogens with zero attached hydrogens (tertiary/aromatic N) is 2. The average molecular weight is 1280 g/mol. The molecule has 0 aliphatic heterocycles. The number of carboxylic acid groups (broad SMARTS) is 3. The van der Waals surface area contributed by atoms with Crippen LogP contribution in [-0.4, -0.2) is 200 Å². The van der Waals surface area contributed by atoms with Crippen LogP contribution in [-0.2, 0) is 78.3 Å². The summed E-state index contributed by atoms with van der Waals surface area (Å²) in [6.45, 7) is 1.39. The molecule has 0 aliphatic rings. The van der Waals surface area contributed by atoms with Crippen molar-refractivity contribution in [3.63, 3.8) is 0 Å². The van der Waals surface area contributed by atoms with Crippen molar-refractivity contribution < 1.29 is 87.2 Å². The fraction of sp³-hybridized carbons (Fsp3) is 0.635. The summed E-state index contributed by atoms with van der Waals surface area (Å²) in [6, 6.07) is -15.7. The van der Waals surface area contributed by atoms with Crippen LogP contribution in [0.15, 0.2) is 17.5 Å². The molecule has 0 spiro atoms. The van der Waals surface area contributed by atoms with E-state index in [0.717, 1.165) is 0 Å². The number of carboxylic acids is 3. The summed E-state index contributed by atoms with van der Waals surface area (Å²) >= 11 is 0. The zero-order chi connectivity index (χ0) is 68.0. The number of carbonyl (C=O) groups is 15. The quantitative estimate of drug-likeness (QED) is 0.0164. The van der Waals surface area contributed by atoms with E-state index in [0.29, 0.717) is 18.5 Å². The smallest absolute Gasteiger partial charge is 0.326 e. The van der Waals surface area contributed by atoms with Crippen LogP contribution in [0.25, 0.3) is 0 Å². The van der Waals surface area contributed by atoms with Crippen LogP contribution >= 0.6 is 0 Å². The first-order valence-corrected chi connectivity index (χ1v) is 28.8. The third-order valence-corrected chi connectivity index (χ3v) is 13.3. The zero-order valence-electron chi connectivity index (χ0n) is 50.0. The number of primary amides is 3. The topological polar surface area (TPSA) is 674 Å². The van der Waals surface area contributed by atoms with Crippen LogP contribution in [0.5, 0.6) is 0 Å². The van der Waals surface area contributed by atoms with Gasteiger partial charge in [-0.3, -0.25) is 72.1 Å². The highest BCUT2D eigenvalue weighted by Crippen LogP contribution is 2.12. The van der Waals surface area contributed by atoms with Gasteiger partial charge < -0.3 is 114 Å². The summed E-state index contributed by atoms with van der Waals surface area (Å²) in [4.78, 5) is 206. The summed E-state index contributed by atoms with van der Waals surface area (Å²) in [5.41, 5.74) is 44.6. The number of aliphatic imine (C=N–C) groups is 1. The maximum Gasteiger partial charge on any atom is 0.326 e. The number of aromatic amines is 1. The van der Waals surface area contributed by atoms with E-state index in [1.165, 1.54) is 19.4 Å². The van der Waals surface area contributed by atoms with Crippen LogP contribution < -0.4 is 93.7 Å². The van der Waals surface area contributed by atoms with E-state index in [9.17, 15) is 77.0 Å². The predicted molar refractivity (Wildman–Crippen MR) is 316 cm³/mol. The zero-order valence-corrected chi connectivity index (χ0v) is 50.0. The van der Waals surface area contributed by atoms with Crippen LogP contribution in [0.4, 0.5) is 0 Å². The molecule has 38 nitrogen and oxygen atoms in total. The molecule has 0 saturated carbocycles. The molecule has 12 amide bonds. The van der Waals surface area contributed by atoms with Crippen LogP contribution in [0, 0.1) is 0 Å². The highest BCUT2D eigenvalue weighted by molar-refractivity contribution is 5.99. The molecule has 0 aliphatic carbocycles. The number of H-pyrrole nitrogens is 1.